The number of aromatic amines is 1. The molecule has 0 aliphatic carbocycles. The predicted molar refractivity (Wildman–Crippen MR) is 84.1 cm³/mol. The third-order valence-corrected chi connectivity index (χ3v) is 3.52. The molecule has 4 nitrogen and oxygen atoms in total. The van der Waals surface area contributed by atoms with Crippen LogP contribution >= 0.6 is 0 Å². The number of ketones is 1. The van der Waals surface area contributed by atoms with E-state index in [1.807, 2.05) is 37.3 Å². The number of hydrogen-bond donors (Lipinski definition) is 1. The van der Waals surface area contributed by atoms with Crippen LogP contribution in [-0.2, 0) is 4.74 Å². The molecule has 0 aliphatic rings. The first-order valence-corrected chi connectivity index (χ1v) is 6.99. The number of rotatable bonds is 4. The van der Waals surface area contributed by atoms with E-state index in [1.54, 1.807) is 24.3 Å². The zero-order chi connectivity index (χ0) is 15.5. The van der Waals surface area contributed by atoms with Gasteiger partial charge >= 0.3 is 5.97 Å². The van der Waals surface area contributed by atoms with Gasteiger partial charge in [-0.05, 0) is 25.1 Å². The van der Waals surface area contributed by atoms with Crippen LogP contribution in [0.5, 0.6) is 0 Å². The lowest BCUT2D eigenvalue weighted by molar-refractivity contribution is 0.0475. The molecule has 0 aliphatic heterocycles. The summed E-state index contributed by atoms with van der Waals surface area (Å²) in [7, 11) is 0. The number of ether oxygens (including phenoxy) is 1. The largest absolute Gasteiger partial charge is 0.454 e. The maximum Gasteiger partial charge on any atom is 0.338 e. The van der Waals surface area contributed by atoms with Crippen molar-refractivity contribution in [3.05, 3.63) is 71.4 Å². The molecular weight excluding hydrogens is 278 g/mol. The van der Waals surface area contributed by atoms with Crippen molar-refractivity contribution in [3.8, 4) is 0 Å². The smallest absolute Gasteiger partial charge is 0.338 e. The Labute approximate surface area is 127 Å². The molecule has 0 amide bonds. The van der Waals surface area contributed by atoms with Crippen LogP contribution in [0.4, 0.5) is 0 Å². The van der Waals surface area contributed by atoms with E-state index in [2.05, 4.69) is 4.98 Å². The highest BCUT2D eigenvalue weighted by Gasteiger charge is 2.17. The average molecular weight is 293 g/mol. The molecule has 22 heavy (non-hydrogen) atoms. The molecular formula is C18H15NO3. The second kappa shape index (κ2) is 5.85. The van der Waals surface area contributed by atoms with Crippen LogP contribution in [0.2, 0.25) is 0 Å². The third-order valence-electron chi connectivity index (χ3n) is 3.52. The molecule has 0 fully saturated rings. The number of esters is 1. The molecule has 1 aromatic heterocycles. The van der Waals surface area contributed by atoms with Gasteiger partial charge in [0, 0.05) is 22.2 Å². The zero-order valence-electron chi connectivity index (χ0n) is 12.1. The highest BCUT2D eigenvalue weighted by Crippen LogP contribution is 2.22. The van der Waals surface area contributed by atoms with Crippen molar-refractivity contribution in [2.75, 3.05) is 6.61 Å². The van der Waals surface area contributed by atoms with Crippen LogP contribution in [0.15, 0.2) is 54.6 Å². The number of H-pyrrole nitrogens is 1. The minimum Gasteiger partial charge on any atom is -0.454 e. The number of nitrogens with one attached hydrogen (secondary N) is 1. The van der Waals surface area contributed by atoms with Gasteiger partial charge in [0.15, 0.2) is 6.61 Å². The summed E-state index contributed by atoms with van der Waals surface area (Å²) in [6, 6.07) is 16.2. The summed E-state index contributed by atoms with van der Waals surface area (Å²) >= 11 is 0. The fourth-order valence-electron chi connectivity index (χ4n) is 2.50. The van der Waals surface area contributed by atoms with E-state index in [4.69, 9.17) is 4.74 Å². The Morgan fingerprint density at radius 3 is 2.45 bits per heavy atom. The molecule has 1 N–H and O–H groups in total. The SMILES string of the molecule is Cc1[nH]c2ccccc2c1C(=O)COC(=O)c1ccccc1. The number of aryl methyl sites for hydroxylation is 1. The van der Waals surface area contributed by atoms with Gasteiger partial charge in [0.2, 0.25) is 5.78 Å². The molecule has 3 aromatic rings. The summed E-state index contributed by atoms with van der Waals surface area (Å²) in [6.07, 6.45) is 0. The van der Waals surface area contributed by atoms with E-state index in [0.717, 1.165) is 16.6 Å². The molecule has 4 heteroatoms. The van der Waals surface area contributed by atoms with Gasteiger partial charge in [-0.25, -0.2) is 4.79 Å². The minimum atomic E-state index is -0.494. The van der Waals surface area contributed by atoms with Crippen molar-refractivity contribution in [2.45, 2.75) is 6.92 Å². The molecule has 0 unspecified atom stereocenters. The molecule has 0 bridgehead atoms. The summed E-state index contributed by atoms with van der Waals surface area (Å²) in [6.45, 7) is 1.57. The molecule has 0 saturated carbocycles. The lowest BCUT2D eigenvalue weighted by atomic mass is 10.1. The highest BCUT2D eigenvalue weighted by atomic mass is 16.5. The van der Waals surface area contributed by atoms with Crippen molar-refractivity contribution in [1.29, 1.82) is 0 Å². The van der Waals surface area contributed by atoms with Crippen LogP contribution in [0.25, 0.3) is 10.9 Å². The predicted octanol–water partition coefficient (Wildman–Crippen LogP) is 3.52. The summed E-state index contributed by atoms with van der Waals surface area (Å²) < 4.78 is 5.12. The number of benzene rings is 2. The number of Topliss-reactive ketones (excluding diaryl/α,β-unsaturated/α-hetero) is 1. The molecule has 0 saturated heterocycles. The van der Waals surface area contributed by atoms with Gasteiger partial charge < -0.3 is 9.72 Å². The Bertz CT molecular complexity index is 834. The van der Waals surface area contributed by atoms with E-state index < -0.39 is 5.97 Å². The Hall–Kier alpha value is -2.88. The molecule has 0 spiro atoms. The van der Waals surface area contributed by atoms with Crippen LogP contribution < -0.4 is 0 Å². The molecule has 3 rings (SSSR count). The maximum absolute atomic E-state index is 12.4. The summed E-state index contributed by atoms with van der Waals surface area (Å²) in [5, 5.41) is 0.848. The second-order valence-electron chi connectivity index (χ2n) is 5.04. The number of fused-ring (bicyclic) bond motifs is 1. The van der Waals surface area contributed by atoms with Crippen molar-refractivity contribution < 1.29 is 14.3 Å². The minimum absolute atomic E-state index is 0.209. The van der Waals surface area contributed by atoms with Gasteiger partial charge in [0.05, 0.1) is 5.56 Å². The Morgan fingerprint density at radius 1 is 1.00 bits per heavy atom. The Balaban J connectivity index is 1.77. The van der Waals surface area contributed by atoms with Crippen LogP contribution in [-0.4, -0.2) is 23.3 Å². The number of carbonyl (C=O) groups is 2. The lowest BCUT2D eigenvalue weighted by Crippen LogP contribution is -2.14. The van der Waals surface area contributed by atoms with E-state index in [1.165, 1.54) is 0 Å². The van der Waals surface area contributed by atoms with Crippen molar-refractivity contribution in [3.63, 3.8) is 0 Å². The van der Waals surface area contributed by atoms with Gasteiger partial charge in [-0.3, -0.25) is 4.79 Å². The Kier molecular flexibility index (Phi) is 3.74. The monoisotopic (exact) mass is 293 g/mol. The molecule has 2 aromatic carbocycles. The van der Waals surface area contributed by atoms with Gasteiger partial charge in [-0.2, -0.15) is 0 Å². The standard InChI is InChI=1S/C18H15NO3/c1-12-17(14-9-5-6-10-15(14)19-12)16(20)11-22-18(21)13-7-3-2-4-8-13/h2-10,19H,11H2,1H3. The van der Waals surface area contributed by atoms with Crippen LogP contribution in [0.1, 0.15) is 26.4 Å². The second-order valence-corrected chi connectivity index (χ2v) is 5.04. The van der Waals surface area contributed by atoms with Gasteiger partial charge in [0.1, 0.15) is 0 Å². The van der Waals surface area contributed by atoms with E-state index in [-0.39, 0.29) is 12.4 Å². The van der Waals surface area contributed by atoms with E-state index >= 15 is 0 Å². The number of para-hydroxylation sites is 1. The van der Waals surface area contributed by atoms with E-state index in [0.29, 0.717) is 11.1 Å². The first kappa shape index (κ1) is 14.1. The van der Waals surface area contributed by atoms with Gasteiger partial charge in [0.25, 0.3) is 0 Å². The van der Waals surface area contributed by atoms with Crippen LogP contribution in [0, 0.1) is 6.92 Å². The molecule has 0 radical (unpaired) electrons. The highest BCUT2D eigenvalue weighted by molar-refractivity contribution is 6.10. The molecule has 1 heterocycles. The third kappa shape index (κ3) is 2.63. The number of carbonyl (C=O) groups excluding carboxylic acids is 2. The summed E-state index contributed by atoms with van der Waals surface area (Å²) in [4.78, 5) is 27.4. The Morgan fingerprint density at radius 2 is 1.68 bits per heavy atom. The first-order chi connectivity index (χ1) is 10.7. The fraction of sp³-hybridized carbons (Fsp3) is 0.111. The van der Waals surface area contributed by atoms with Crippen molar-refractivity contribution in [1.82, 2.24) is 4.98 Å². The number of aromatic nitrogens is 1. The molecule has 0 atom stereocenters. The topological polar surface area (TPSA) is 59.2 Å². The van der Waals surface area contributed by atoms with Gasteiger partial charge in [-0.1, -0.05) is 36.4 Å². The summed E-state index contributed by atoms with van der Waals surface area (Å²) in [5.41, 5.74) is 2.70. The average Bonchev–Trinajstić information content (AvgIpc) is 2.89. The molecule has 110 valence electrons. The summed E-state index contributed by atoms with van der Waals surface area (Å²) in [5.74, 6) is -0.703. The first-order valence-electron chi connectivity index (χ1n) is 6.99. The fourth-order valence-corrected chi connectivity index (χ4v) is 2.50. The van der Waals surface area contributed by atoms with Gasteiger partial charge in [-0.15, -0.1) is 0 Å². The zero-order valence-corrected chi connectivity index (χ0v) is 12.1. The van der Waals surface area contributed by atoms with E-state index in [9.17, 15) is 9.59 Å². The van der Waals surface area contributed by atoms with Crippen molar-refractivity contribution >= 4 is 22.7 Å². The normalized spacial score (nSPS) is 10.6. The lowest BCUT2D eigenvalue weighted by Gasteiger charge is -2.04. The van der Waals surface area contributed by atoms with Crippen LogP contribution in [0.3, 0.4) is 0 Å². The van der Waals surface area contributed by atoms with Crippen molar-refractivity contribution in [2.24, 2.45) is 0 Å². The number of hydrogen-bond acceptors (Lipinski definition) is 3. The quantitative estimate of drug-likeness (QED) is 0.591. The maximum atomic E-state index is 12.4.